The molecule has 1 heterocycles. The molecule has 0 radical (unpaired) electrons. The number of rotatable bonds is 8. The summed E-state index contributed by atoms with van der Waals surface area (Å²) in [5, 5.41) is 3.11. The van der Waals surface area contributed by atoms with Crippen molar-refractivity contribution in [2.24, 2.45) is 5.41 Å². The van der Waals surface area contributed by atoms with Gasteiger partial charge in [-0.25, -0.2) is 4.98 Å². The maximum Gasteiger partial charge on any atom is 0.228 e. The number of amides is 1. The van der Waals surface area contributed by atoms with Crippen molar-refractivity contribution < 1.29 is 9.53 Å². The average molecular weight is 339 g/mol. The van der Waals surface area contributed by atoms with Gasteiger partial charge in [0.2, 0.25) is 5.91 Å². The molecule has 1 aliphatic carbocycles. The highest BCUT2D eigenvalue weighted by Crippen LogP contribution is 2.45. The van der Waals surface area contributed by atoms with E-state index in [1.165, 1.54) is 0 Å². The van der Waals surface area contributed by atoms with Crippen molar-refractivity contribution >= 4 is 17.2 Å². The second kappa shape index (κ2) is 7.75. The molecule has 0 unspecified atom stereocenters. The predicted molar refractivity (Wildman–Crippen MR) is 94.8 cm³/mol. The van der Waals surface area contributed by atoms with E-state index >= 15 is 0 Å². The van der Waals surface area contributed by atoms with E-state index in [0.717, 1.165) is 43.0 Å². The lowest BCUT2D eigenvalue weighted by Gasteiger charge is -2.55. The Morgan fingerprint density at radius 3 is 2.78 bits per heavy atom. The minimum Gasteiger partial charge on any atom is -0.378 e. The lowest BCUT2D eigenvalue weighted by atomic mass is 9.63. The third-order valence-corrected chi connectivity index (χ3v) is 6.08. The van der Waals surface area contributed by atoms with Crippen molar-refractivity contribution in [2.75, 3.05) is 13.7 Å². The van der Waals surface area contributed by atoms with Crippen LogP contribution < -0.4 is 0 Å². The van der Waals surface area contributed by atoms with Gasteiger partial charge in [-0.1, -0.05) is 34.1 Å². The van der Waals surface area contributed by atoms with Crippen LogP contribution in [0.2, 0.25) is 0 Å². The summed E-state index contributed by atoms with van der Waals surface area (Å²) in [6, 6.07) is 0.255. The molecule has 1 aromatic heterocycles. The largest absolute Gasteiger partial charge is 0.378 e. The van der Waals surface area contributed by atoms with Crippen molar-refractivity contribution in [2.45, 2.75) is 71.9 Å². The van der Waals surface area contributed by atoms with E-state index in [1.807, 2.05) is 17.3 Å². The molecule has 2 rings (SSSR count). The third-order valence-electron chi connectivity index (χ3n) is 5.04. The van der Waals surface area contributed by atoms with Gasteiger partial charge in [-0.3, -0.25) is 4.79 Å². The van der Waals surface area contributed by atoms with Crippen LogP contribution >= 0.6 is 11.3 Å². The lowest BCUT2D eigenvalue weighted by Crippen LogP contribution is -2.62. The summed E-state index contributed by atoms with van der Waals surface area (Å²) in [4.78, 5) is 19.0. The summed E-state index contributed by atoms with van der Waals surface area (Å²) in [6.45, 7) is 9.51. The summed E-state index contributed by atoms with van der Waals surface area (Å²) < 4.78 is 5.98. The first-order valence-corrected chi connectivity index (χ1v) is 9.58. The number of aromatic nitrogens is 1. The SMILES string of the molecule is CCCCO[C@H]1C[C@H](N(C)C(=O)Cc2csc(CC)n2)C1(C)C. The molecule has 0 bridgehead atoms. The Morgan fingerprint density at radius 1 is 1.48 bits per heavy atom. The molecule has 1 amide bonds. The molecule has 0 saturated heterocycles. The predicted octanol–water partition coefficient (Wildman–Crippen LogP) is 3.69. The van der Waals surface area contributed by atoms with Gasteiger partial charge in [-0.15, -0.1) is 11.3 Å². The molecule has 1 aliphatic rings. The monoisotopic (exact) mass is 338 g/mol. The van der Waals surface area contributed by atoms with E-state index in [4.69, 9.17) is 4.74 Å². The van der Waals surface area contributed by atoms with Gasteiger partial charge in [0.25, 0.3) is 0 Å². The number of carbonyl (C=O) groups is 1. The van der Waals surface area contributed by atoms with Gasteiger partial charge in [0.15, 0.2) is 0 Å². The number of ether oxygens (including phenoxy) is 1. The smallest absolute Gasteiger partial charge is 0.228 e. The third kappa shape index (κ3) is 4.13. The van der Waals surface area contributed by atoms with Crippen molar-refractivity contribution in [3.8, 4) is 0 Å². The van der Waals surface area contributed by atoms with Crippen LogP contribution in [-0.2, 0) is 22.4 Å². The van der Waals surface area contributed by atoms with Crippen LogP contribution in [0.4, 0.5) is 0 Å². The fourth-order valence-electron chi connectivity index (χ4n) is 3.22. The molecular weight excluding hydrogens is 308 g/mol. The number of hydrogen-bond donors (Lipinski definition) is 0. The van der Waals surface area contributed by atoms with E-state index in [0.29, 0.717) is 6.42 Å². The van der Waals surface area contributed by atoms with E-state index in [1.54, 1.807) is 11.3 Å². The first-order valence-electron chi connectivity index (χ1n) is 8.70. The van der Waals surface area contributed by atoms with Gasteiger partial charge in [-0.2, -0.15) is 0 Å². The summed E-state index contributed by atoms with van der Waals surface area (Å²) in [5.74, 6) is 0.156. The Labute approximate surface area is 144 Å². The molecule has 0 aromatic carbocycles. The van der Waals surface area contributed by atoms with Crippen LogP contribution in [-0.4, -0.2) is 41.6 Å². The Hall–Kier alpha value is -0.940. The van der Waals surface area contributed by atoms with Crippen LogP contribution in [0.3, 0.4) is 0 Å². The molecule has 1 saturated carbocycles. The fourth-order valence-corrected chi connectivity index (χ4v) is 3.97. The standard InChI is InChI=1S/C18H30N2O2S/c1-6-8-9-22-15-11-14(18(15,3)4)20(5)17(21)10-13-12-23-16(7-2)19-13/h12,14-15H,6-11H2,1-5H3/t14-,15-/m0/s1. The number of thiazole rings is 1. The molecule has 23 heavy (non-hydrogen) atoms. The van der Waals surface area contributed by atoms with Gasteiger partial charge < -0.3 is 9.64 Å². The molecule has 2 atom stereocenters. The number of aryl methyl sites for hydroxylation is 1. The summed E-state index contributed by atoms with van der Waals surface area (Å²) in [6.07, 6.45) is 4.80. The highest BCUT2D eigenvalue weighted by molar-refractivity contribution is 7.09. The lowest BCUT2D eigenvalue weighted by molar-refractivity contribution is -0.164. The van der Waals surface area contributed by atoms with E-state index in [9.17, 15) is 4.79 Å². The zero-order valence-electron chi connectivity index (χ0n) is 15.1. The molecule has 1 aromatic rings. The molecular formula is C18H30N2O2S. The van der Waals surface area contributed by atoms with Crippen molar-refractivity contribution in [3.05, 3.63) is 16.1 Å². The van der Waals surface area contributed by atoms with Crippen molar-refractivity contribution in [1.82, 2.24) is 9.88 Å². The van der Waals surface area contributed by atoms with Crippen LogP contribution in [0.25, 0.3) is 0 Å². The van der Waals surface area contributed by atoms with E-state index < -0.39 is 0 Å². The first kappa shape index (κ1) is 18.4. The molecule has 0 spiro atoms. The molecule has 0 N–H and O–H groups in total. The minimum absolute atomic E-state index is 0.0226. The average Bonchev–Trinajstić information content (AvgIpc) is 2.97. The molecule has 130 valence electrons. The maximum atomic E-state index is 12.5. The summed E-state index contributed by atoms with van der Waals surface area (Å²) in [5.41, 5.74) is 0.922. The van der Waals surface area contributed by atoms with Gasteiger partial charge >= 0.3 is 0 Å². The second-order valence-electron chi connectivity index (χ2n) is 7.05. The van der Waals surface area contributed by atoms with Crippen LogP contribution in [0, 0.1) is 5.41 Å². The minimum atomic E-state index is 0.0226. The van der Waals surface area contributed by atoms with Gasteiger partial charge in [0, 0.05) is 30.5 Å². The normalized spacial score (nSPS) is 22.7. The van der Waals surface area contributed by atoms with Gasteiger partial charge in [0.05, 0.1) is 23.2 Å². The van der Waals surface area contributed by atoms with E-state index in [2.05, 4.69) is 32.7 Å². The fraction of sp³-hybridized carbons (Fsp3) is 0.778. The van der Waals surface area contributed by atoms with Crippen molar-refractivity contribution in [3.63, 3.8) is 0 Å². The number of likely N-dealkylation sites (N-methyl/N-ethyl adjacent to an activating group) is 1. The highest BCUT2D eigenvalue weighted by Gasteiger charge is 2.51. The van der Waals surface area contributed by atoms with E-state index in [-0.39, 0.29) is 23.5 Å². The highest BCUT2D eigenvalue weighted by atomic mass is 32.1. The number of hydrogen-bond acceptors (Lipinski definition) is 4. The Morgan fingerprint density at radius 2 is 2.22 bits per heavy atom. The number of unbranched alkanes of at least 4 members (excludes halogenated alkanes) is 1. The second-order valence-corrected chi connectivity index (χ2v) is 8.00. The molecule has 0 aliphatic heterocycles. The van der Waals surface area contributed by atoms with Gasteiger partial charge in [0.1, 0.15) is 0 Å². The Bertz CT molecular complexity index is 527. The number of nitrogens with zero attached hydrogens (tertiary/aromatic N) is 2. The zero-order chi connectivity index (χ0) is 17.0. The van der Waals surface area contributed by atoms with Crippen LogP contribution in [0.5, 0.6) is 0 Å². The number of carbonyl (C=O) groups excluding carboxylic acids is 1. The molecule has 4 nitrogen and oxygen atoms in total. The topological polar surface area (TPSA) is 42.4 Å². The maximum absolute atomic E-state index is 12.5. The van der Waals surface area contributed by atoms with Crippen LogP contribution in [0.1, 0.15) is 57.7 Å². The first-order chi connectivity index (χ1) is 10.9. The van der Waals surface area contributed by atoms with Gasteiger partial charge in [-0.05, 0) is 19.3 Å². The zero-order valence-corrected chi connectivity index (χ0v) is 15.9. The molecule has 1 fully saturated rings. The summed E-state index contributed by atoms with van der Waals surface area (Å²) in [7, 11) is 1.92. The summed E-state index contributed by atoms with van der Waals surface area (Å²) >= 11 is 1.64. The molecule has 5 heteroatoms. The Balaban J connectivity index is 1.87. The Kier molecular flexibility index (Phi) is 6.20. The quantitative estimate of drug-likeness (QED) is 0.679. The van der Waals surface area contributed by atoms with Crippen LogP contribution in [0.15, 0.2) is 5.38 Å². The van der Waals surface area contributed by atoms with Crippen molar-refractivity contribution in [1.29, 1.82) is 0 Å².